The van der Waals surface area contributed by atoms with Gasteiger partial charge in [-0.25, -0.2) is 0 Å². The summed E-state index contributed by atoms with van der Waals surface area (Å²) in [7, 11) is 0. The number of rotatable bonds is 1. The Bertz CT molecular complexity index is 740. The Balaban J connectivity index is 2.69. The standard InChI is InChI=1S/C13H7F3N2O2/c14-13(15,16)10-5-11(18-12(20)9(10)6-17)7-1-3-8(19)4-2-7/h1-5,19H,(H,18,20). The Kier molecular flexibility index (Phi) is 3.24. The molecule has 0 saturated heterocycles. The van der Waals surface area contributed by atoms with Crippen molar-refractivity contribution < 1.29 is 18.3 Å². The molecule has 0 aliphatic carbocycles. The lowest BCUT2D eigenvalue weighted by Crippen LogP contribution is -2.19. The van der Waals surface area contributed by atoms with Gasteiger partial charge in [-0.3, -0.25) is 4.79 Å². The normalized spacial score (nSPS) is 11.1. The minimum atomic E-state index is -4.80. The number of nitrogens with zero attached hydrogens (tertiary/aromatic N) is 1. The molecule has 102 valence electrons. The molecule has 0 aliphatic heterocycles. The summed E-state index contributed by atoms with van der Waals surface area (Å²) >= 11 is 0. The van der Waals surface area contributed by atoms with Crippen molar-refractivity contribution in [3.8, 4) is 23.1 Å². The Morgan fingerprint density at radius 3 is 2.30 bits per heavy atom. The fourth-order valence-corrected chi connectivity index (χ4v) is 1.69. The number of phenolic OH excluding ortho intramolecular Hbond substituents is 1. The zero-order valence-corrected chi connectivity index (χ0v) is 9.82. The van der Waals surface area contributed by atoms with Gasteiger partial charge in [0.15, 0.2) is 0 Å². The van der Waals surface area contributed by atoms with Gasteiger partial charge in [0.1, 0.15) is 17.4 Å². The van der Waals surface area contributed by atoms with E-state index in [-0.39, 0.29) is 17.0 Å². The summed E-state index contributed by atoms with van der Waals surface area (Å²) < 4.78 is 38.5. The SMILES string of the molecule is N#Cc1c(C(F)(F)F)cc(-c2ccc(O)cc2)[nH]c1=O. The van der Waals surface area contributed by atoms with Crippen molar-refractivity contribution in [3.05, 3.63) is 51.8 Å². The molecule has 2 rings (SSSR count). The van der Waals surface area contributed by atoms with Crippen molar-refractivity contribution in [2.24, 2.45) is 0 Å². The number of nitriles is 1. The van der Waals surface area contributed by atoms with Gasteiger partial charge in [0.25, 0.3) is 5.56 Å². The Morgan fingerprint density at radius 1 is 1.20 bits per heavy atom. The van der Waals surface area contributed by atoms with E-state index >= 15 is 0 Å². The van der Waals surface area contributed by atoms with Crippen molar-refractivity contribution in [3.63, 3.8) is 0 Å². The molecule has 0 amide bonds. The van der Waals surface area contributed by atoms with Crippen molar-refractivity contribution in [2.75, 3.05) is 0 Å². The molecule has 2 aromatic rings. The highest BCUT2D eigenvalue weighted by atomic mass is 19.4. The van der Waals surface area contributed by atoms with Gasteiger partial charge in [-0.2, -0.15) is 18.4 Å². The van der Waals surface area contributed by atoms with Crippen molar-refractivity contribution in [1.29, 1.82) is 5.26 Å². The van der Waals surface area contributed by atoms with Crippen LogP contribution in [0.3, 0.4) is 0 Å². The van der Waals surface area contributed by atoms with E-state index in [9.17, 15) is 18.0 Å². The van der Waals surface area contributed by atoms with E-state index in [1.54, 1.807) is 0 Å². The molecular formula is C13H7F3N2O2. The first-order chi connectivity index (χ1) is 9.32. The summed E-state index contributed by atoms with van der Waals surface area (Å²) in [6, 6.07) is 7.22. The number of phenols is 1. The van der Waals surface area contributed by atoms with Gasteiger partial charge in [-0.15, -0.1) is 0 Å². The molecule has 7 heteroatoms. The van der Waals surface area contributed by atoms with Crippen LogP contribution in [-0.2, 0) is 6.18 Å². The van der Waals surface area contributed by atoms with Crippen LogP contribution in [0.15, 0.2) is 35.1 Å². The van der Waals surface area contributed by atoms with Crippen LogP contribution in [0.1, 0.15) is 11.1 Å². The van der Waals surface area contributed by atoms with Crippen LogP contribution in [0, 0.1) is 11.3 Å². The number of pyridine rings is 1. The van der Waals surface area contributed by atoms with Gasteiger partial charge in [0.05, 0.1) is 5.56 Å². The maximum absolute atomic E-state index is 12.8. The van der Waals surface area contributed by atoms with Gasteiger partial charge in [-0.05, 0) is 35.9 Å². The maximum atomic E-state index is 12.8. The summed E-state index contributed by atoms with van der Waals surface area (Å²) in [5.41, 5.74) is -3.16. The summed E-state index contributed by atoms with van der Waals surface area (Å²) in [5.74, 6) is -0.0548. The number of aromatic hydroxyl groups is 1. The molecule has 0 spiro atoms. The first kappa shape index (κ1) is 13.7. The third-order valence-electron chi connectivity index (χ3n) is 2.63. The van der Waals surface area contributed by atoms with Crippen molar-refractivity contribution in [1.82, 2.24) is 4.98 Å². The first-order valence-corrected chi connectivity index (χ1v) is 5.37. The topological polar surface area (TPSA) is 76.9 Å². The highest BCUT2D eigenvalue weighted by Gasteiger charge is 2.35. The van der Waals surface area contributed by atoms with Crippen LogP contribution in [-0.4, -0.2) is 10.1 Å². The molecule has 2 N–H and O–H groups in total. The van der Waals surface area contributed by atoms with Crippen LogP contribution >= 0.6 is 0 Å². The van der Waals surface area contributed by atoms with Crippen LogP contribution in [0.5, 0.6) is 5.75 Å². The van der Waals surface area contributed by atoms with E-state index in [4.69, 9.17) is 10.4 Å². The van der Waals surface area contributed by atoms with E-state index in [1.807, 2.05) is 0 Å². The Hall–Kier alpha value is -2.75. The number of hydrogen-bond donors (Lipinski definition) is 2. The third kappa shape index (κ3) is 2.49. The van der Waals surface area contributed by atoms with Gasteiger partial charge in [-0.1, -0.05) is 0 Å². The zero-order valence-electron chi connectivity index (χ0n) is 9.82. The summed E-state index contributed by atoms with van der Waals surface area (Å²) in [4.78, 5) is 13.8. The Labute approximate surface area is 110 Å². The number of alkyl halides is 3. The number of aromatic nitrogens is 1. The average molecular weight is 280 g/mol. The molecule has 0 bridgehead atoms. The number of aromatic amines is 1. The minimum Gasteiger partial charge on any atom is -0.508 e. The molecule has 0 aliphatic rings. The molecule has 20 heavy (non-hydrogen) atoms. The Morgan fingerprint density at radius 2 is 1.80 bits per heavy atom. The fourth-order valence-electron chi connectivity index (χ4n) is 1.69. The lowest BCUT2D eigenvalue weighted by atomic mass is 10.1. The van der Waals surface area contributed by atoms with Crippen molar-refractivity contribution >= 4 is 0 Å². The number of nitrogens with one attached hydrogen (secondary N) is 1. The molecular weight excluding hydrogens is 273 g/mol. The maximum Gasteiger partial charge on any atom is 0.417 e. The second kappa shape index (κ2) is 4.74. The van der Waals surface area contributed by atoms with Crippen LogP contribution in [0.25, 0.3) is 11.3 Å². The molecule has 0 unspecified atom stereocenters. The molecule has 0 atom stereocenters. The summed E-state index contributed by atoms with van der Waals surface area (Å²) in [5, 5.41) is 17.8. The number of hydrogen-bond acceptors (Lipinski definition) is 3. The third-order valence-corrected chi connectivity index (χ3v) is 2.63. The van der Waals surface area contributed by atoms with Crippen molar-refractivity contribution in [2.45, 2.75) is 6.18 Å². The fraction of sp³-hybridized carbons (Fsp3) is 0.0769. The van der Waals surface area contributed by atoms with Gasteiger partial charge < -0.3 is 10.1 Å². The lowest BCUT2D eigenvalue weighted by Gasteiger charge is -2.10. The lowest BCUT2D eigenvalue weighted by molar-refractivity contribution is -0.137. The molecule has 1 heterocycles. The van der Waals surface area contributed by atoms with Gasteiger partial charge in [0.2, 0.25) is 0 Å². The molecule has 1 aromatic carbocycles. The number of H-pyrrole nitrogens is 1. The van der Waals surface area contributed by atoms with Crippen LogP contribution in [0.2, 0.25) is 0 Å². The van der Waals surface area contributed by atoms with E-state index in [0.29, 0.717) is 6.07 Å². The summed E-state index contributed by atoms with van der Waals surface area (Å²) in [6.07, 6.45) is -4.80. The van der Waals surface area contributed by atoms with E-state index in [1.165, 1.54) is 30.3 Å². The molecule has 1 aromatic heterocycles. The largest absolute Gasteiger partial charge is 0.508 e. The van der Waals surface area contributed by atoms with E-state index in [2.05, 4.69) is 4.98 Å². The number of halogens is 3. The average Bonchev–Trinajstić information content (AvgIpc) is 2.37. The van der Waals surface area contributed by atoms with Gasteiger partial charge >= 0.3 is 6.18 Å². The van der Waals surface area contributed by atoms with E-state index in [0.717, 1.165) is 0 Å². The second-order valence-corrected chi connectivity index (χ2v) is 3.96. The minimum absolute atomic E-state index is 0.0548. The van der Waals surface area contributed by atoms with E-state index < -0.39 is 22.9 Å². The quantitative estimate of drug-likeness (QED) is 0.843. The van der Waals surface area contributed by atoms with Gasteiger partial charge in [0, 0.05) is 5.69 Å². The first-order valence-electron chi connectivity index (χ1n) is 5.37. The highest BCUT2D eigenvalue weighted by Crippen LogP contribution is 2.32. The predicted molar refractivity (Wildman–Crippen MR) is 63.9 cm³/mol. The monoisotopic (exact) mass is 280 g/mol. The molecule has 4 nitrogen and oxygen atoms in total. The highest BCUT2D eigenvalue weighted by molar-refractivity contribution is 5.62. The zero-order chi connectivity index (χ0) is 14.9. The predicted octanol–water partition coefficient (Wildman–Crippen LogP) is 2.64. The molecule has 0 radical (unpaired) electrons. The second-order valence-electron chi connectivity index (χ2n) is 3.96. The van der Waals surface area contributed by atoms with Crippen LogP contribution < -0.4 is 5.56 Å². The van der Waals surface area contributed by atoms with Crippen LogP contribution in [0.4, 0.5) is 13.2 Å². The number of benzene rings is 1. The summed E-state index contributed by atoms with van der Waals surface area (Å²) in [6.45, 7) is 0. The molecule has 0 saturated carbocycles. The smallest absolute Gasteiger partial charge is 0.417 e. The molecule has 0 fully saturated rings.